The lowest BCUT2D eigenvalue weighted by molar-refractivity contribution is -0.148. The number of nitrogens with zero attached hydrogens (tertiary/aromatic N) is 1. The zero-order valence-electron chi connectivity index (χ0n) is 14.7. The van der Waals surface area contributed by atoms with Crippen LogP contribution in [0.3, 0.4) is 0 Å². The van der Waals surface area contributed by atoms with Crippen molar-refractivity contribution in [3.8, 4) is 6.07 Å². The third kappa shape index (κ3) is 5.64. The molecular weight excluding hydrogens is 330 g/mol. The van der Waals surface area contributed by atoms with Crippen LogP contribution >= 0.6 is 0 Å². The zero-order chi connectivity index (χ0) is 18.9. The van der Waals surface area contributed by atoms with Crippen LogP contribution in [0, 0.1) is 17.2 Å². The molecule has 2 aromatic carbocycles. The number of nitriles is 1. The fourth-order valence-corrected chi connectivity index (χ4v) is 2.25. The Hall–Kier alpha value is -3.33. The van der Waals surface area contributed by atoms with Crippen molar-refractivity contribution in [3.05, 3.63) is 65.7 Å². The van der Waals surface area contributed by atoms with Crippen molar-refractivity contribution in [2.45, 2.75) is 26.5 Å². The molecule has 0 unspecified atom stereocenters. The number of rotatable bonds is 6. The summed E-state index contributed by atoms with van der Waals surface area (Å²) in [6.45, 7) is 3.74. The molecule has 0 aliphatic carbocycles. The Labute approximate surface area is 152 Å². The van der Waals surface area contributed by atoms with Crippen molar-refractivity contribution in [2.24, 2.45) is 5.92 Å². The molecule has 0 aromatic heterocycles. The summed E-state index contributed by atoms with van der Waals surface area (Å²) in [7, 11) is 0. The Bertz CT molecular complexity index is 780. The van der Waals surface area contributed by atoms with E-state index in [9.17, 15) is 9.59 Å². The molecular formula is C20H21N3O3. The molecule has 0 aliphatic heterocycles. The van der Waals surface area contributed by atoms with E-state index in [0.29, 0.717) is 11.3 Å². The number of hydrogen-bond donors (Lipinski definition) is 2. The van der Waals surface area contributed by atoms with Crippen LogP contribution < -0.4 is 10.6 Å². The summed E-state index contributed by atoms with van der Waals surface area (Å²) in [6.07, 6.45) is 0. The van der Waals surface area contributed by atoms with Crippen LogP contribution in [0.2, 0.25) is 0 Å². The van der Waals surface area contributed by atoms with Gasteiger partial charge in [0.1, 0.15) is 12.6 Å². The average molecular weight is 351 g/mol. The van der Waals surface area contributed by atoms with Crippen molar-refractivity contribution in [3.63, 3.8) is 0 Å². The molecule has 0 bridgehead atoms. The number of esters is 1. The molecule has 134 valence electrons. The van der Waals surface area contributed by atoms with Crippen LogP contribution in [-0.2, 0) is 16.1 Å². The molecule has 2 N–H and O–H groups in total. The van der Waals surface area contributed by atoms with Gasteiger partial charge in [-0.05, 0) is 35.7 Å². The molecule has 26 heavy (non-hydrogen) atoms. The number of nitrogens with one attached hydrogen (secondary N) is 2. The molecule has 0 spiro atoms. The maximum absolute atomic E-state index is 12.4. The highest BCUT2D eigenvalue weighted by Gasteiger charge is 2.25. The van der Waals surface area contributed by atoms with E-state index < -0.39 is 18.0 Å². The van der Waals surface area contributed by atoms with Crippen LogP contribution in [0.5, 0.6) is 0 Å². The van der Waals surface area contributed by atoms with Gasteiger partial charge < -0.3 is 15.4 Å². The lowest BCUT2D eigenvalue weighted by atomic mass is 10.1. The van der Waals surface area contributed by atoms with Gasteiger partial charge in [0, 0.05) is 5.69 Å². The quantitative estimate of drug-likeness (QED) is 0.780. The Balaban J connectivity index is 1.91. The van der Waals surface area contributed by atoms with E-state index in [1.54, 1.807) is 48.5 Å². The van der Waals surface area contributed by atoms with Crippen LogP contribution in [0.1, 0.15) is 25.0 Å². The fraction of sp³-hybridized carbons (Fsp3) is 0.250. The first kappa shape index (κ1) is 19.0. The average Bonchev–Trinajstić information content (AvgIpc) is 2.65. The zero-order valence-corrected chi connectivity index (χ0v) is 14.7. The van der Waals surface area contributed by atoms with Gasteiger partial charge in [-0.15, -0.1) is 0 Å². The van der Waals surface area contributed by atoms with Crippen LogP contribution in [0.15, 0.2) is 54.6 Å². The van der Waals surface area contributed by atoms with E-state index in [4.69, 9.17) is 10.00 Å². The maximum Gasteiger partial charge on any atom is 0.329 e. The highest BCUT2D eigenvalue weighted by Crippen LogP contribution is 2.10. The van der Waals surface area contributed by atoms with Gasteiger partial charge in [-0.2, -0.15) is 5.26 Å². The second kappa shape index (κ2) is 9.23. The van der Waals surface area contributed by atoms with Crippen molar-refractivity contribution >= 4 is 17.7 Å². The number of ether oxygens (including phenoxy) is 1. The van der Waals surface area contributed by atoms with Crippen molar-refractivity contribution in [2.75, 3.05) is 5.32 Å². The van der Waals surface area contributed by atoms with E-state index >= 15 is 0 Å². The van der Waals surface area contributed by atoms with E-state index in [2.05, 4.69) is 10.6 Å². The third-order valence-corrected chi connectivity index (χ3v) is 3.70. The molecule has 0 heterocycles. The summed E-state index contributed by atoms with van der Waals surface area (Å²) in [6, 6.07) is 16.6. The summed E-state index contributed by atoms with van der Waals surface area (Å²) >= 11 is 0. The molecule has 0 saturated heterocycles. The normalized spacial score (nSPS) is 11.3. The standard InChI is InChI=1S/C20H21N3O3/c1-14(2)18(23-20(25)22-17-6-4-3-5-7-17)19(24)26-13-16-10-8-15(12-21)9-11-16/h3-11,14,18H,13H2,1-2H3,(H2,22,23,25)/t18-/m1/s1. The minimum atomic E-state index is -0.767. The Morgan fingerprint density at radius 2 is 1.73 bits per heavy atom. The topological polar surface area (TPSA) is 91.2 Å². The molecule has 0 saturated carbocycles. The molecule has 0 fully saturated rings. The van der Waals surface area contributed by atoms with Crippen LogP contribution in [0.4, 0.5) is 10.5 Å². The Morgan fingerprint density at radius 1 is 1.08 bits per heavy atom. The molecule has 0 aliphatic rings. The lowest BCUT2D eigenvalue weighted by Crippen LogP contribution is -2.47. The predicted octanol–water partition coefficient (Wildman–Crippen LogP) is 3.45. The molecule has 2 amide bonds. The monoisotopic (exact) mass is 351 g/mol. The highest BCUT2D eigenvalue weighted by atomic mass is 16.5. The molecule has 1 atom stereocenters. The second-order valence-corrected chi connectivity index (χ2v) is 6.10. The van der Waals surface area contributed by atoms with Gasteiger partial charge in [0.05, 0.1) is 11.6 Å². The summed E-state index contributed by atoms with van der Waals surface area (Å²) < 4.78 is 5.31. The van der Waals surface area contributed by atoms with E-state index in [1.807, 2.05) is 26.0 Å². The van der Waals surface area contributed by atoms with Gasteiger partial charge in [0.2, 0.25) is 0 Å². The van der Waals surface area contributed by atoms with Crippen LogP contribution in [0.25, 0.3) is 0 Å². The van der Waals surface area contributed by atoms with Gasteiger partial charge in [0.15, 0.2) is 0 Å². The number of para-hydroxylation sites is 1. The number of benzene rings is 2. The number of amides is 2. The van der Waals surface area contributed by atoms with Gasteiger partial charge in [-0.3, -0.25) is 0 Å². The molecule has 2 aromatic rings. The van der Waals surface area contributed by atoms with E-state index in [1.165, 1.54) is 0 Å². The summed E-state index contributed by atoms with van der Waals surface area (Å²) in [4.78, 5) is 24.5. The van der Waals surface area contributed by atoms with Gasteiger partial charge >= 0.3 is 12.0 Å². The second-order valence-electron chi connectivity index (χ2n) is 6.10. The minimum Gasteiger partial charge on any atom is -0.459 e. The molecule has 0 radical (unpaired) electrons. The fourth-order valence-electron chi connectivity index (χ4n) is 2.25. The van der Waals surface area contributed by atoms with Crippen LogP contribution in [-0.4, -0.2) is 18.0 Å². The third-order valence-electron chi connectivity index (χ3n) is 3.70. The lowest BCUT2D eigenvalue weighted by Gasteiger charge is -2.21. The number of carbonyl (C=O) groups excluding carboxylic acids is 2. The number of anilines is 1. The smallest absolute Gasteiger partial charge is 0.329 e. The summed E-state index contributed by atoms with van der Waals surface area (Å²) in [5.41, 5.74) is 1.95. The number of carbonyl (C=O) groups is 2. The van der Waals surface area contributed by atoms with Crippen molar-refractivity contribution in [1.82, 2.24) is 5.32 Å². The minimum absolute atomic E-state index is 0.0791. The first-order valence-corrected chi connectivity index (χ1v) is 8.28. The van der Waals surface area contributed by atoms with Crippen molar-refractivity contribution < 1.29 is 14.3 Å². The maximum atomic E-state index is 12.4. The summed E-state index contributed by atoms with van der Waals surface area (Å²) in [5, 5.41) is 14.1. The first-order chi connectivity index (χ1) is 12.5. The predicted molar refractivity (Wildman–Crippen MR) is 98.2 cm³/mol. The first-order valence-electron chi connectivity index (χ1n) is 8.28. The van der Waals surface area contributed by atoms with Gasteiger partial charge in [-0.25, -0.2) is 9.59 Å². The molecule has 2 rings (SSSR count). The van der Waals surface area contributed by atoms with Crippen molar-refractivity contribution in [1.29, 1.82) is 5.26 Å². The summed E-state index contributed by atoms with van der Waals surface area (Å²) in [5.74, 6) is -0.641. The number of urea groups is 1. The van der Waals surface area contributed by atoms with E-state index in [0.717, 1.165) is 5.56 Å². The largest absolute Gasteiger partial charge is 0.459 e. The SMILES string of the molecule is CC(C)[C@@H](NC(=O)Nc1ccccc1)C(=O)OCc1ccc(C#N)cc1. The Morgan fingerprint density at radius 3 is 2.31 bits per heavy atom. The van der Waals surface area contributed by atoms with Gasteiger partial charge in [0.25, 0.3) is 0 Å². The number of hydrogen-bond acceptors (Lipinski definition) is 4. The van der Waals surface area contributed by atoms with Gasteiger partial charge in [-0.1, -0.05) is 44.2 Å². The molecule has 6 nitrogen and oxygen atoms in total. The van der Waals surface area contributed by atoms with E-state index in [-0.39, 0.29) is 12.5 Å². The molecule has 6 heteroatoms. The highest BCUT2D eigenvalue weighted by molar-refractivity contribution is 5.92. The Kier molecular flexibility index (Phi) is 6.75.